The lowest BCUT2D eigenvalue weighted by Crippen LogP contribution is -2.35. The van der Waals surface area contributed by atoms with Crippen LogP contribution in [-0.2, 0) is 16.1 Å². The van der Waals surface area contributed by atoms with Crippen molar-refractivity contribution in [2.75, 3.05) is 5.32 Å². The van der Waals surface area contributed by atoms with Crippen molar-refractivity contribution in [1.29, 1.82) is 0 Å². The highest BCUT2D eigenvalue weighted by molar-refractivity contribution is 6.09. The second kappa shape index (κ2) is 12.8. The predicted octanol–water partition coefficient (Wildman–Crippen LogP) is 7.32. The number of aryl methyl sites for hydroxylation is 1. The highest BCUT2D eigenvalue weighted by Gasteiger charge is 2.15. The Morgan fingerprint density at radius 1 is 0.771 bits per heavy atom. The average molecular weight is 476 g/mol. The number of hydrogen-bond acceptors (Lipinski definition) is 2. The number of aromatic nitrogens is 1. The number of carbonyl (C=O) groups excluding carboxylic acids is 2. The van der Waals surface area contributed by atoms with E-state index < -0.39 is 0 Å². The highest BCUT2D eigenvalue weighted by Crippen LogP contribution is 2.31. The van der Waals surface area contributed by atoms with Crippen LogP contribution in [0.5, 0.6) is 0 Å². The number of rotatable bonds is 6. The molecule has 0 saturated heterocycles. The SMILES string of the molecule is CCn1c2ccccc2c2cc(NC(=O)CCC(=O)NC3CCCCCCCCCCC3)ccc21. The molecule has 0 atom stereocenters. The zero-order valence-corrected chi connectivity index (χ0v) is 21.3. The monoisotopic (exact) mass is 475 g/mol. The third-order valence-corrected chi connectivity index (χ3v) is 7.42. The fourth-order valence-corrected chi connectivity index (χ4v) is 5.53. The Balaban J connectivity index is 1.30. The van der Waals surface area contributed by atoms with E-state index in [4.69, 9.17) is 0 Å². The average Bonchev–Trinajstić information content (AvgIpc) is 3.17. The quantitative estimate of drug-likeness (QED) is 0.392. The second-order valence-corrected chi connectivity index (χ2v) is 10.1. The standard InChI is InChI=1S/C30H41N3O2/c1-2-33-27-17-13-12-16-25(27)26-22-24(18-19-28(26)33)32-30(35)21-20-29(34)31-23-14-10-8-6-4-3-5-7-9-11-15-23/h12-13,16-19,22-23H,2-11,14-15,20-21H2,1H3,(H,31,34)(H,32,35). The first-order valence-corrected chi connectivity index (χ1v) is 13.8. The van der Waals surface area contributed by atoms with Crippen LogP contribution in [0.25, 0.3) is 21.8 Å². The topological polar surface area (TPSA) is 63.1 Å². The minimum atomic E-state index is -0.113. The summed E-state index contributed by atoms with van der Waals surface area (Å²) in [5.41, 5.74) is 3.15. The summed E-state index contributed by atoms with van der Waals surface area (Å²) in [5, 5.41) is 8.56. The van der Waals surface area contributed by atoms with E-state index in [1.165, 1.54) is 74.2 Å². The third kappa shape index (κ3) is 6.87. The summed E-state index contributed by atoms with van der Waals surface area (Å²) in [4.78, 5) is 25.2. The van der Waals surface area contributed by atoms with Gasteiger partial charge in [-0.05, 0) is 44.0 Å². The van der Waals surface area contributed by atoms with E-state index in [0.717, 1.165) is 30.5 Å². The molecule has 1 saturated carbocycles. The number of para-hydroxylation sites is 1. The van der Waals surface area contributed by atoms with Crippen molar-refractivity contribution in [2.45, 2.75) is 103 Å². The molecule has 2 N–H and O–H groups in total. The molecule has 2 aromatic carbocycles. The zero-order valence-electron chi connectivity index (χ0n) is 21.3. The number of hydrogen-bond donors (Lipinski definition) is 2. The van der Waals surface area contributed by atoms with Crippen LogP contribution in [0.3, 0.4) is 0 Å². The lowest BCUT2D eigenvalue weighted by Gasteiger charge is -2.19. The van der Waals surface area contributed by atoms with E-state index in [9.17, 15) is 9.59 Å². The van der Waals surface area contributed by atoms with E-state index in [-0.39, 0.29) is 30.7 Å². The molecule has 1 aromatic heterocycles. The van der Waals surface area contributed by atoms with E-state index in [0.29, 0.717) is 0 Å². The molecule has 1 heterocycles. The summed E-state index contributed by atoms with van der Waals surface area (Å²) >= 11 is 0. The smallest absolute Gasteiger partial charge is 0.224 e. The Morgan fingerprint density at radius 3 is 2.06 bits per heavy atom. The molecule has 0 bridgehead atoms. The van der Waals surface area contributed by atoms with Gasteiger partial charge in [0.25, 0.3) is 0 Å². The lowest BCUT2D eigenvalue weighted by molar-refractivity contribution is -0.125. The molecule has 1 fully saturated rings. The van der Waals surface area contributed by atoms with E-state index in [2.05, 4.69) is 46.4 Å². The van der Waals surface area contributed by atoms with Gasteiger partial charge in [0.05, 0.1) is 0 Å². The van der Waals surface area contributed by atoms with Crippen molar-refractivity contribution >= 4 is 39.3 Å². The number of nitrogens with one attached hydrogen (secondary N) is 2. The normalized spacial score (nSPS) is 16.5. The molecular weight excluding hydrogens is 434 g/mol. The van der Waals surface area contributed by atoms with Gasteiger partial charge in [0, 0.05) is 52.9 Å². The number of carbonyl (C=O) groups is 2. The molecule has 35 heavy (non-hydrogen) atoms. The summed E-state index contributed by atoms with van der Waals surface area (Å²) in [5.74, 6) is -0.115. The second-order valence-electron chi connectivity index (χ2n) is 10.1. The van der Waals surface area contributed by atoms with Crippen LogP contribution in [0, 0.1) is 0 Å². The van der Waals surface area contributed by atoms with Gasteiger partial charge in [-0.25, -0.2) is 0 Å². The fourth-order valence-electron chi connectivity index (χ4n) is 5.53. The Morgan fingerprint density at radius 2 is 1.37 bits per heavy atom. The van der Waals surface area contributed by atoms with Crippen LogP contribution in [0.1, 0.15) is 90.4 Å². The van der Waals surface area contributed by atoms with Crippen molar-refractivity contribution in [3.63, 3.8) is 0 Å². The number of nitrogens with zero attached hydrogens (tertiary/aromatic N) is 1. The molecule has 2 amide bonds. The van der Waals surface area contributed by atoms with Crippen LogP contribution in [-0.4, -0.2) is 22.4 Å². The largest absolute Gasteiger partial charge is 0.353 e. The van der Waals surface area contributed by atoms with Crippen LogP contribution in [0.4, 0.5) is 5.69 Å². The fraction of sp³-hybridized carbons (Fsp3) is 0.533. The van der Waals surface area contributed by atoms with Gasteiger partial charge >= 0.3 is 0 Å². The van der Waals surface area contributed by atoms with Crippen molar-refractivity contribution in [3.05, 3.63) is 42.5 Å². The van der Waals surface area contributed by atoms with Crippen molar-refractivity contribution in [2.24, 2.45) is 0 Å². The summed E-state index contributed by atoms with van der Waals surface area (Å²) < 4.78 is 2.29. The van der Waals surface area contributed by atoms with Gasteiger partial charge < -0.3 is 15.2 Å². The molecule has 0 radical (unpaired) electrons. The summed E-state index contributed by atoms with van der Waals surface area (Å²) in [6.07, 6.45) is 14.1. The molecule has 5 heteroatoms. The highest BCUT2D eigenvalue weighted by atomic mass is 16.2. The van der Waals surface area contributed by atoms with Crippen LogP contribution in [0.15, 0.2) is 42.5 Å². The first-order chi connectivity index (χ1) is 17.2. The number of anilines is 1. The van der Waals surface area contributed by atoms with Crippen molar-refractivity contribution in [3.8, 4) is 0 Å². The molecule has 0 aliphatic heterocycles. The molecule has 3 aromatic rings. The van der Waals surface area contributed by atoms with Crippen molar-refractivity contribution < 1.29 is 9.59 Å². The van der Waals surface area contributed by atoms with Crippen LogP contribution < -0.4 is 10.6 Å². The van der Waals surface area contributed by atoms with Gasteiger partial charge in [-0.1, -0.05) is 76.0 Å². The summed E-state index contributed by atoms with van der Waals surface area (Å²) in [6.45, 7) is 3.04. The van der Waals surface area contributed by atoms with E-state index >= 15 is 0 Å². The maximum absolute atomic E-state index is 12.6. The van der Waals surface area contributed by atoms with Gasteiger partial charge in [0.1, 0.15) is 0 Å². The van der Waals surface area contributed by atoms with Gasteiger partial charge in [0.2, 0.25) is 11.8 Å². The maximum Gasteiger partial charge on any atom is 0.224 e. The zero-order chi connectivity index (χ0) is 24.5. The Bertz CT molecular complexity index is 1120. The summed E-state index contributed by atoms with van der Waals surface area (Å²) in [7, 11) is 0. The third-order valence-electron chi connectivity index (χ3n) is 7.42. The van der Waals surface area contributed by atoms with Crippen molar-refractivity contribution in [1.82, 2.24) is 9.88 Å². The number of fused-ring (bicyclic) bond motifs is 3. The number of benzene rings is 2. The molecule has 0 unspecified atom stereocenters. The van der Waals surface area contributed by atoms with Crippen LogP contribution >= 0.6 is 0 Å². The molecule has 0 spiro atoms. The minimum absolute atomic E-state index is 0.00119. The predicted molar refractivity (Wildman–Crippen MR) is 146 cm³/mol. The minimum Gasteiger partial charge on any atom is -0.353 e. The van der Waals surface area contributed by atoms with Gasteiger partial charge in [-0.2, -0.15) is 0 Å². The molecule has 1 aliphatic rings. The van der Waals surface area contributed by atoms with Gasteiger partial charge in [-0.15, -0.1) is 0 Å². The lowest BCUT2D eigenvalue weighted by atomic mass is 9.98. The Kier molecular flexibility index (Phi) is 9.21. The Hall–Kier alpha value is -2.82. The molecule has 4 rings (SSSR count). The molecule has 188 valence electrons. The molecule has 1 aliphatic carbocycles. The Labute approximate surface area is 209 Å². The first kappa shape index (κ1) is 25.3. The molecule has 5 nitrogen and oxygen atoms in total. The van der Waals surface area contributed by atoms with E-state index in [1.54, 1.807) is 0 Å². The van der Waals surface area contributed by atoms with Gasteiger partial charge in [0.15, 0.2) is 0 Å². The number of amides is 2. The molecular formula is C30H41N3O2. The first-order valence-electron chi connectivity index (χ1n) is 13.8. The maximum atomic E-state index is 12.6. The van der Waals surface area contributed by atoms with Crippen LogP contribution in [0.2, 0.25) is 0 Å². The van der Waals surface area contributed by atoms with E-state index in [1.807, 2.05) is 18.2 Å². The van der Waals surface area contributed by atoms with Gasteiger partial charge in [-0.3, -0.25) is 9.59 Å². The summed E-state index contributed by atoms with van der Waals surface area (Å²) in [6, 6.07) is 14.7.